The van der Waals surface area contributed by atoms with Gasteiger partial charge in [0, 0.05) is 28.2 Å². The van der Waals surface area contributed by atoms with Crippen molar-refractivity contribution in [2.45, 2.75) is 56.9 Å². The van der Waals surface area contributed by atoms with Crippen LogP contribution < -0.4 is 5.32 Å². The summed E-state index contributed by atoms with van der Waals surface area (Å²) < 4.78 is 72.2. The third-order valence-corrected chi connectivity index (χ3v) is 7.53. The van der Waals surface area contributed by atoms with Gasteiger partial charge in [0.15, 0.2) is 5.41 Å². The quantitative estimate of drug-likeness (QED) is 0.296. The molecule has 3 unspecified atom stereocenters. The minimum atomic E-state index is -5.49. The molecule has 0 radical (unpaired) electrons. The van der Waals surface area contributed by atoms with E-state index in [4.69, 9.17) is 0 Å². The molecule has 1 fully saturated rings. The van der Waals surface area contributed by atoms with Gasteiger partial charge >= 0.3 is 6.18 Å². The third-order valence-electron chi connectivity index (χ3n) is 6.04. The highest BCUT2D eigenvalue weighted by atomic mass is 32.1. The number of hydrogen-bond acceptors (Lipinski definition) is 4. The first kappa shape index (κ1) is 26.2. The summed E-state index contributed by atoms with van der Waals surface area (Å²) in [5, 5.41) is 13.3. The molecule has 3 atom stereocenters. The van der Waals surface area contributed by atoms with Crippen molar-refractivity contribution in [1.82, 2.24) is 15.1 Å². The molecule has 1 aliphatic carbocycles. The molecule has 36 heavy (non-hydrogen) atoms. The van der Waals surface area contributed by atoms with E-state index in [0.29, 0.717) is 23.1 Å². The van der Waals surface area contributed by atoms with E-state index in [1.165, 1.54) is 34.0 Å². The number of amides is 1. The van der Waals surface area contributed by atoms with Gasteiger partial charge in [0.25, 0.3) is 11.6 Å². The number of nitrogens with zero attached hydrogens (tertiary/aromatic N) is 3. The van der Waals surface area contributed by atoms with Crippen molar-refractivity contribution in [3.8, 4) is 22.2 Å². The Bertz CT molecular complexity index is 1340. The van der Waals surface area contributed by atoms with Crippen LogP contribution in [0.1, 0.15) is 51.7 Å². The Morgan fingerprint density at radius 2 is 1.81 bits per heavy atom. The molecule has 0 bridgehead atoms. The largest absolute Gasteiger partial charge is 0.430 e. The van der Waals surface area contributed by atoms with Crippen LogP contribution in [-0.4, -0.2) is 33.3 Å². The second-order valence-electron chi connectivity index (χ2n) is 9.08. The summed E-state index contributed by atoms with van der Waals surface area (Å²) in [5.41, 5.74) is -3.31. The lowest BCUT2D eigenvalue weighted by Crippen LogP contribution is -2.50. The smallest absolute Gasteiger partial charge is 0.349 e. The van der Waals surface area contributed by atoms with Crippen LogP contribution in [-0.2, 0) is 5.67 Å². The van der Waals surface area contributed by atoms with Gasteiger partial charge in [-0.15, -0.1) is 11.3 Å². The number of nitrogens with one attached hydrogen (secondary N) is 1. The van der Waals surface area contributed by atoms with Crippen LogP contribution in [0, 0.1) is 25.2 Å². The van der Waals surface area contributed by atoms with E-state index in [-0.39, 0.29) is 33.5 Å². The van der Waals surface area contributed by atoms with Crippen LogP contribution in [0.4, 0.5) is 22.0 Å². The Kier molecular flexibility index (Phi) is 6.51. The number of halogens is 5. The fourth-order valence-electron chi connectivity index (χ4n) is 4.09. The highest BCUT2D eigenvalue weighted by Gasteiger charge is 2.67. The minimum Gasteiger partial charge on any atom is -0.349 e. The van der Waals surface area contributed by atoms with E-state index in [1.54, 1.807) is 12.3 Å². The van der Waals surface area contributed by atoms with Gasteiger partial charge < -0.3 is 5.32 Å². The number of alkyl halides is 5. The molecule has 0 spiro atoms. The predicted molar refractivity (Wildman–Crippen MR) is 130 cm³/mol. The molecule has 3 aromatic rings. The highest BCUT2D eigenvalue weighted by molar-refractivity contribution is 7.18. The lowest BCUT2D eigenvalue weighted by atomic mass is 9.87. The van der Waals surface area contributed by atoms with Gasteiger partial charge in [0.2, 0.25) is 0 Å². The fourth-order valence-corrected chi connectivity index (χ4v) is 5.34. The average Bonchev–Trinajstić information content (AvgIpc) is 3.27. The number of aromatic nitrogens is 2. The number of benzene rings is 1. The molecule has 1 aromatic carbocycles. The first-order chi connectivity index (χ1) is 16.7. The van der Waals surface area contributed by atoms with E-state index >= 15 is 4.39 Å². The van der Waals surface area contributed by atoms with Crippen molar-refractivity contribution in [2.75, 3.05) is 0 Å². The number of carbonyl (C=O) groups excluding carboxylic acids is 1. The molecule has 2 heterocycles. The molecule has 0 saturated heterocycles. The maximum atomic E-state index is 15.3. The first-order valence-electron chi connectivity index (χ1n) is 10.9. The summed E-state index contributed by atoms with van der Waals surface area (Å²) in [5.74, 6) is -0.320. The van der Waals surface area contributed by atoms with Crippen molar-refractivity contribution >= 4 is 26.5 Å². The number of rotatable bonds is 6. The van der Waals surface area contributed by atoms with E-state index in [9.17, 15) is 27.6 Å². The van der Waals surface area contributed by atoms with Crippen molar-refractivity contribution in [2.24, 2.45) is 0 Å². The zero-order valence-corrected chi connectivity index (χ0v) is 21.5. The average molecular weight is 540 g/mol. The predicted octanol–water partition coefficient (Wildman–Crippen LogP) is 6.27. The van der Waals surface area contributed by atoms with Gasteiger partial charge in [-0.3, -0.25) is 4.79 Å². The molecule has 1 saturated carbocycles. The number of hydrogen-bond donors (Lipinski definition) is 1. The lowest BCUT2D eigenvalue weighted by molar-refractivity contribution is -0.260. The van der Waals surface area contributed by atoms with Crippen molar-refractivity contribution < 1.29 is 26.7 Å². The maximum absolute atomic E-state index is 15.3. The number of nitriles is 1. The van der Waals surface area contributed by atoms with Gasteiger partial charge in [-0.2, -0.15) is 23.5 Å². The fraction of sp³-hybridized carbons (Fsp3) is 0.375. The normalized spacial score (nSPS) is 17.2. The summed E-state index contributed by atoms with van der Waals surface area (Å²) in [6, 6.07) is 5.71. The summed E-state index contributed by atoms with van der Waals surface area (Å²) in [6.45, 7) is 3.50. The number of thiophene rings is 1. The first-order valence-corrected chi connectivity index (χ1v) is 12.3. The molecule has 2 aromatic heterocycles. The van der Waals surface area contributed by atoms with Crippen molar-refractivity contribution in [3.63, 3.8) is 0 Å². The van der Waals surface area contributed by atoms with Crippen LogP contribution in [0.3, 0.4) is 0 Å². The number of carbonyl (C=O) groups is 1. The van der Waals surface area contributed by atoms with E-state index in [2.05, 4.69) is 10.4 Å². The van der Waals surface area contributed by atoms with Gasteiger partial charge in [-0.05, 0) is 50.8 Å². The summed E-state index contributed by atoms with van der Waals surface area (Å²) in [4.78, 5) is 13.3. The Morgan fingerprint density at radius 1 is 1.19 bits per heavy atom. The molecule has 0 aliphatic heterocycles. The molecule has 190 valence electrons. The Labute approximate surface area is 210 Å². The van der Waals surface area contributed by atoms with E-state index in [1.807, 2.05) is 6.07 Å². The Morgan fingerprint density at radius 3 is 2.31 bits per heavy atom. The number of aryl methyl sites for hydroxylation is 2. The van der Waals surface area contributed by atoms with Gasteiger partial charge in [0.1, 0.15) is 10.9 Å². The van der Waals surface area contributed by atoms with Crippen LogP contribution >= 0.6 is 20.6 Å². The highest BCUT2D eigenvalue weighted by Crippen LogP contribution is 2.54. The summed E-state index contributed by atoms with van der Waals surface area (Å²) >= 11 is 1.12. The molecule has 5 nitrogen and oxygen atoms in total. The molecule has 1 N–H and O–H groups in total. The summed E-state index contributed by atoms with van der Waals surface area (Å²) in [6.07, 6.45) is -0.574. The standard InChI is InChI=1S/C24H22F5N4OPS/c1-12-6-15(23(26,22(3,25)35)24(27,28)29)7-13(2)20(12)33-11-14(10-31-33)18-8-17(19(9-30)36-18)21(34)32-16-4-5-16/h6-8,10-11,16H,4-5,35H2,1-3H3,(H,32,34). The van der Waals surface area contributed by atoms with Crippen molar-refractivity contribution in [1.29, 1.82) is 5.26 Å². The van der Waals surface area contributed by atoms with E-state index < -0.39 is 22.8 Å². The second-order valence-corrected chi connectivity index (χ2v) is 11.2. The van der Waals surface area contributed by atoms with Gasteiger partial charge in [0.05, 0.1) is 17.4 Å². The zero-order chi connectivity index (χ0) is 26.6. The molecular formula is C24H22F5N4OPS. The second kappa shape index (κ2) is 8.93. The summed E-state index contributed by atoms with van der Waals surface area (Å²) in [7, 11) is 1.30. The van der Waals surface area contributed by atoms with Crippen LogP contribution in [0.15, 0.2) is 30.6 Å². The van der Waals surface area contributed by atoms with Crippen LogP contribution in [0.2, 0.25) is 0 Å². The molecule has 1 amide bonds. The molecular weight excluding hydrogens is 518 g/mol. The van der Waals surface area contributed by atoms with Crippen LogP contribution in [0.5, 0.6) is 0 Å². The Balaban J connectivity index is 1.71. The van der Waals surface area contributed by atoms with Crippen LogP contribution in [0.25, 0.3) is 16.1 Å². The third kappa shape index (κ3) is 4.53. The monoisotopic (exact) mass is 540 g/mol. The Hall–Kier alpha value is -2.83. The minimum absolute atomic E-state index is 0.131. The lowest BCUT2D eigenvalue weighted by Gasteiger charge is -2.36. The van der Waals surface area contributed by atoms with Gasteiger partial charge in [-0.1, -0.05) is 21.4 Å². The molecule has 1 aliphatic rings. The maximum Gasteiger partial charge on any atom is 0.430 e. The topological polar surface area (TPSA) is 70.7 Å². The zero-order valence-electron chi connectivity index (χ0n) is 19.5. The van der Waals surface area contributed by atoms with Crippen molar-refractivity contribution in [3.05, 3.63) is 57.7 Å². The molecule has 12 heteroatoms. The molecule has 4 rings (SSSR count). The van der Waals surface area contributed by atoms with Gasteiger partial charge in [-0.25, -0.2) is 13.5 Å². The van der Waals surface area contributed by atoms with E-state index in [0.717, 1.165) is 36.3 Å². The SMILES string of the molecule is Cc1cc(C(F)(C(F)(F)F)C(C)(F)P)cc(C)c1-n1cc(-c2cc(C(=O)NC3CC3)c(C#N)s2)cn1.